The molecule has 0 spiro atoms. The van der Waals surface area contributed by atoms with Crippen molar-refractivity contribution in [2.75, 3.05) is 31.6 Å². The molecule has 0 saturated carbocycles. The van der Waals surface area contributed by atoms with Crippen LogP contribution in [0.15, 0.2) is 24.8 Å². The van der Waals surface area contributed by atoms with E-state index in [1.807, 2.05) is 6.07 Å². The van der Waals surface area contributed by atoms with E-state index in [1.54, 1.807) is 18.7 Å². The van der Waals surface area contributed by atoms with Crippen molar-refractivity contribution < 1.29 is 22.7 Å². The van der Waals surface area contributed by atoms with E-state index in [-0.39, 0.29) is 0 Å². The number of anilines is 1. The molecular weight excluding hydrogens is 389 g/mol. The van der Waals surface area contributed by atoms with E-state index >= 15 is 0 Å². The zero-order chi connectivity index (χ0) is 20.6. The van der Waals surface area contributed by atoms with Crippen LogP contribution in [0.5, 0.6) is 0 Å². The van der Waals surface area contributed by atoms with E-state index in [0.29, 0.717) is 36.5 Å². The number of nitrogens with zero attached hydrogens (tertiary/aromatic N) is 5. The number of hydrogen-bond acceptors (Lipinski definition) is 6. The molecule has 29 heavy (non-hydrogen) atoms. The van der Waals surface area contributed by atoms with Gasteiger partial charge in [-0.05, 0) is 6.07 Å². The molecule has 1 saturated heterocycles. The fourth-order valence-electron chi connectivity index (χ4n) is 3.53. The largest absolute Gasteiger partial charge is 0.446 e. The number of ether oxygens (including phenoxy) is 1. The lowest BCUT2D eigenvalue weighted by atomic mass is 10.1. The molecule has 0 radical (unpaired) electrons. The number of carbonyl (C=O) groups is 1. The number of aromatic nitrogens is 4. The van der Waals surface area contributed by atoms with Gasteiger partial charge in [-0.25, -0.2) is 19.7 Å². The monoisotopic (exact) mass is 408 g/mol. The molecule has 1 amide bonds. The third kappa shape index (κ3) is 4.03. The Morgan fingerprint density at radius 3 is 2.79 bits per heavy atom. The first-order valence-corrected chi connectivity index (χ1v) is 9.12. The Morgan fingerprint density at radius 1 is 1.31 bits per heavy atom. The molecule has 1 fully saturated rings. The second-order valence-corrected chi connectivity index (χ2v) is 7.00. The smallest absolute Gasteiger partial charge is 0.410 e. The molecule has 4 rings (SSSR count). The summed E-state index contributed by atoms with van der Waals surface area (Å²) in [6, 6.07) is 1.88. The molecule has 0 aromatic carbocycles. The number of alkyl halides is 3. The minimum absolute atomic E-state index is 0.432. The van der Waals surface area contributed by atoms with Crippen molar-refractivity contribution in [3.63, 3.8) is 0 Å². The van der Waals surface area contributed by atoms with Gasteiger partial charge in [0.2, 0.25) is 0 Å². The highest BCUT2D eigenvalue weighted by atomic mass is 19.4. The lowest BCUT2D eigenvalue weighted by molar-refractivity contribution is -0.141. The van der Waals surface area contributed by atoms with Gasteiger partial charge in [0.05, 0.1) is 23.4 Å². The van der Waals surface area contributed by atoms with Crippen LogP contribution < -0.4 is 4.90 Å². The van der Waals surface area contributed by atoms with Crippen LogP contribution in [0.4, 0.5) is 23.8 Å². The van der Waals surface area contributed by atoms with E-state index in [1.165, 1.54) is 0 Å². The summed E-state index contributed by atoms with van der Waals surface area (Å²) >= 11 is 0. The maximum absolute atomic E-state index is 12.4. The fourth-order valence-corrected chi connectivity index (χ4v) is 3.53. The van der Waals surface area contributed by atoms with Crippen molar-refractivity contribution in [1.29, 1.82) is 0 Å². The van der Waals surface area contributed by atoms with E-state index in [2.05, 4.69) is 24.8 Å². The summed E-state index contributed by atoms with van der Waals surface area (Å²) in [5.41, 5.74) is 1.47. The van der Waals surface area contributed by atoms with Gasteiger partial charge in [0.1, 0.15) is 18.5 Å². The Labute approximate surface area is 163 Å². The predicted molar refractivity (Wildman–Crippen MR) is 99.6 cm³/mol. The van der Waals surface area contributed by atoms with Gasteiger partial charge in [-0.3, -0.25) is 0 Å². The SMILES string of the molecule is CN(CC(F)(F)F)C(=O)OC1CCN(c2nc[nH]c3cnc4nccc4c23)CC1. The molecule has 0 atom stereocenters. The summed E-state index contributed by atoms with van der Waals surface area (Å²) in [7, 11) is 1.08. The molecule has 0 aliphatic carbocycles. The van der Waals surface area contributed by atoms with Crippen LogP contribution in [-0.2, 0) is 4.74 Å². The summed E-state index contributed by atoms with van der Waals surface area (Å²) in [5.74, 6) is 0.776. The van der Waals surface area contributed by atoms with Gasteiger partial charge >= 0.3 is 12.3 Å². The Kier molecular flexibility index (Phi) is 4.89. The van der Waals surface area contributed by atoms with Gasteiger partial charge in [-0.1, -0.05) is 0 Å². The summed E-state index contributed by atoms with van der Waals surface area (Å²) in [6.45, 7) is -0.213. The van der Waals surface area contributed by atoms with Crippen LogP contribution >= 0.6 is 0 Å². The van der Waals surface area contributed by atoms with Crippen LogP contribution in [0.3, 0.4) is 0 Å². The fraction of sp³-hybridized carbons (Fsp3) is 0.444. The number of amides is 1. The molecular formula is C18H19F3N6O2. The number of fused-ring (bicyclic) bond motifs is 3. The first kappa shape index (κ1) is 19.2. The second kappa shape index (κ2) is 7.37. The molecule has 4 heterocycles. The van der Waals surface area contributed by atoms with E-state index in [9.17, 15) is 18.0 Å². The number of nitrogens with one attached hydrogen (secondary N) is 1. The molecule has 1 aliphatic rings. The molecule has 0 unspecified atom stereocenters. The van der Waals surface area contributed by atoms with E-state index < -0.39 is 24.9 Å². The quantitative estimate of drug-likeness (QED) is 0.717. The highest BCUT2D eigenvalue weighted by Gasteiger charge is 2.33. The Bertz CT molecular complexity index is 1030. The number of H-pyrrole nitrogens is 1. The van der Waals surface area contributed by atoms with Gasteiger partial charge in [0.15, 0.2) is 5.65 Å². The van der Waals surface area contributed by atoms with Crippen LogP contribution in [-0.4, -0.2) is 69.9 Å². The van der Waals surface area contributed by atoms with Crippen LogP contribution in [0.1, 0.15) is 12.8 Å². The van der Waals surface area contributed by atoms with Crippen LogP contribution in [0.25, 0.3) is 21.9 Å². The van der Waals surface area contributed by atoms with Gasteiger partial charge in [0.25, 0.3) is 0 Å². The molecule has 0 bridgehead atoms. The normalized spacial score (nSPS) is 15.8. The van der Waals surface area contributed by atoms with Crippen LogP contribution in [0, 0.1) is 0 Å². The number of halogens is 3. The van der Waals surface area contributed by atoms with Crippen molar-refractivity contribution in [3.05, 3.63) is 24.8 Å². The molecule has 3 aromatic rings. The zero-order valence-corrected chi connectivity index (χ0v) is 15.6. The third-order valence-electron chi connectivity index (χ3n) is 4.90. The van der Waals surface area contributed by atoms with Gasteiger partial charge < -0.3 is 19.5 Å². The number of rotatable bonds is 3. The highest BCUT2D eigenvalue weighted by Crippen LogP contribution is 2.31. The Hall–Kier alpha value is -3.11. The van der Waals surface area contributed by atoms with Crippen molar-refractivity contribution in [1.82, 2.24) is 24.8 Å². The minimum Gasteiger partial charge on any atom is -0.446 e. The van der Waals surface area contributed by atoms with Crippen molar-refractivity contribution in [2.45, 2.75) is 25.1 Å². The van der Waals surface area contributed by atoms with Crippen LogP contribution in [0.2, 0.25) is 0 Å². The lowest BCUT2D eigenvalue weighted by Gasteiger charge is -2.33. The summed E-state index contributed by atoms with van der Waals surface area (Å²) in [4.78, 5) is 30.6. The highest BCUT2D eigenvalue weighted by molar-refractivity contribution is 6.08. The average Bonchev–Trinajstić information content (AvgIpc) is 3.16. The first-order chi connectivity index (χ1) is 13.8. The molecule has 3 aromatic heterocycles. The number of aromatic amines is 1. The minimum atomic E-state index is -4.45. The first-order valence-electron chi connectivity index (χ1n) is 9.12. The summed E-state index contributed by atoms with van der Waals surface area (Å²) in [6.07, 6.45) is 0.149. The Morgan fingerprint density at radius 2 is 2.07 bits per heavy atom. The number of hydrogen-bond donors (Lipinski definition) is 1. The summed E-state index contributed by atoms with van der Waals surface area (Å²) < 4.78 is 42.5. The molecule has 1 aliphatic heterocycles. The lowest BCUT2D eigenvalue weighted by Crippen LogP contribution is -2.42. The maximum Gasteiger partial charge on any atom is 0.410 e. The number of carbonyl (C=O) groups excluding carboxylic acids is 1. The predicted octanol–water partition coefficient (Wildman–Crippen LogP) is 3.11. The number of piperidine rings is 1. The van der Waals surface area contributed by atoms with Gasteiger partial charge in [-0.15, -0.1) is 0 Å². The van der Waals surface area contributed by atoms with Crippen molar-refractivity contribution >= 4 is 33.8 Å². The van der Waals surface area contributed by atoms with Gasteiger partial charge in [0, 0.05) is 44.6 Å². The summed E-state index contributed by atoms with van der Waals surface area (Å²) in [5, 5.41) is 1.81. The maximum atomic E-state index is 12.4. The van der Waals surface area contributed by atoms with E-state index in [0.717, 1.165) is 29.2 Å². The number of pyridine rings is 1. The molecule has 8 nitrogen and oxygen atoms in total. The third-order valence-corrected chi connectivity index (χ3v) is 4.90. The standard InChI is InChI=1S/C18H19F3N6O2/c1-26(9-18(19,20)21)17(28)29-11-3-6-27(7-4-11)16-14-12-2-5-22-15(12)23-8-13(14)24-10-25-16/h2,5,8,10-11H,3-4,6-7,9H2,1H3,(H,24,25). The zero-order valence-electron chi connectivity index (χ0n) is 15.6. The topological polar surface area (TPSA) is 87.2 Å². The molecule has 1 N–H and O–H groups in total. The van der Waals surface area contributed by atoms with Crippen molar-refractivity contribution in [3.8, 4) is 0 Å². The van der Waals surface area contributed by atoms with E-state index in [4.69, 9.17) is 4.74 Å². The molecule has 11 heteroatoms. The van der Waals surface area contributed by atoms with Gasteiger partial charge in [-0.2, -0.15) is 13.2 Å². The Balaban J connectivity index is 1.45. The van der Waals surface area contributed by atoms with Crippen molar-refractivity contribution in [2.24, 2.45) is 0 Å². The average molecular weight is 408 g/mol. The molecule has 154 valence electrons. The second-order valence-electron chi connectivity index (χ2n) is 7.00.